The van der Waals surface area contributed by atoms with Gasteiger partial charge in [0.1, 0.15) is 17.3 Å². The summed E-state index contributed by atoms with van der Waals surface area (Å²) in [6.45, 7) is 1.96. The summed E-state index contributed by atoms with van der Waals surface area (Å²) in [5.41, 5.74) is 6.18. The van der Waals surface area contributed by atoms with Gasteiger partial charge in [-0.1, -0.05) is 0 Å². The average Bonchev–Trinajstić information content (AvgIpc) is 2.54. The maximum absolute atomic E-state index is 11.0. The minimum absolute atomic E-state index is 0.0984. The van der Waals surface area contributed by atoms with Crippen LogP contribution in [0.5, 0.6) is 11.5 Å². The third kappa shape index (κ3) is 3.43. The van der Waals surface area contributed by atoms with Gasteiger partial charge >= 0.3 is 0 Å². The highest BCUT2D eigenvalue weighted by Crippen LogP contribution is 2.30. The summed E-state index contributed by atoms with van der Waals surface area (Å²) in [6.07, 6.45) is 0. The maximum atomic E-state index is 11.0. The predicted molar refractivity (Wildman–Crippen MR) is 82.1 cm³/mol. The number of anilines is 1. The van der Waals surface area contributed by atoms with Crippen LogP contribution >= 0.6 is 0 Å². The first kappa shape index (κ1) is 15.6. The van der Waals surface area contributed by atoms with Crippen molar-refractivity contribution in [2.24, 2.45) is 5.73 Å². The summed E-state index contributed by atoms with van der Waals surface area (Å²) in [6, 6.07) is 8.63. The average molecular weight is 302 g/mol. The van der Waals surface area contributed by atoms with E-state index in [0.717, 1.165) is 17.1 Å². The van der Waals surface area contributed by atoms with Gasteiger partial charge in [-0.25, -0.2) is 0 Å². The van der Waals surface area contributed by atoms with Crippen LogP contribution in [0.2, 0.25) is 0 Å². The number of aromatic nitrogens is 2. The molecule has 116 valence electrons. The van der Waals surface area contributed by atoms with Crippen molar-refractivity contribution >= 4 is 11.7 Å². The van der Waals surface area contributed by atoms with E-state index in [1.165, 1.54) is 6.07 Å². The number of amides is 1. The Morgan fingerprint density at radius 2 is 1.95 bits per heavy atom. The molecule has 1 amide bonds. The fourth-order valence-electron chi connectivity index (χ4n) is 2.02. The van der Waals surface area contributed by atoms with Crippen molar-refractivity contribution in [3.63, 3.8) is 0 Å². The summed E-state index contributed by atoms with van der Waals surface area (Å²) < 4.78 is 10.6. The Morgan fingerprint density at radius 3 is 2.50 bits per heavy atom. The van der Waals surface area contributed by atoms with E-state index in [0.29, 0.717) is 5.82 Å². The number of methoxy groups -OCH3 is 2. The number of benzene rings is 1. The molecular formula is C15H18N4O3. The zero-order valence-corrected chi connectivity index (χ0v) is 12.7. The van der Waals surface area contributed by atoms with Gasteiger partial charge in [0, 0.05) is 5.56 Å². The summed E-state index contributed by atoms with van der Waals surface area (Å²) in [7, 11) is 3.22. The first-order chi connectivity index (χ1) is 10.5. The molecule has 0 saturated carbocycles. The molecule has 2 rings (SSSR count). The fourth-order valence-corrected chi connectivity index (χ4v) is 2.02. The van der Waals surface area contributed by atoms with Crippen LogP contribution in [-0.2, 0) is 0 Å². The maximum Gasteiger partial charge on any atom is 0.269 e. The van der Waals surface area contributed by atoms with Crippen LogP contribution in [0.15, 0.2) is 30.3 Å². The molecule has 0 aliphatic carbocycles. The molecule has 0 aliphatic heterocycles. The van der Waals surface area contributed by atoms with Crippen molar-refractivity contribution in [2.45, 2.75) is 13.0 Å². The number of nitrogens with zero attached hydrogens (tertiary/aromatic N) is 2. The molecule has 1 aromatic heterocycles. The van der Waals surface area contributed by atoms with Crippen molar-refractivity contribution in [2.75, 3.05) is 19.5 Å². The van der Waals surface area contributed by atoms with Crippen molar-refractivity contribution in [1.29, 1.82) is 0 Å². The van der Waals surface area contributed by atoms with Gasteiger partial charge in [0.05, 0.1) is 20.3 Å². The van der Waals surface area contributed by atoms with Gasteiger partial charge in [0.2, 0.25) is 0 Å². The molecular weight excluding hydrogens is 284 g/mol. The predicted octanol–water partition coefficient (Wildman–Crippen LogP) is 1.77. The molecule has 0 radical (unpaired) electrons. The van der Waals surface area contributed by atoms with Crippen molar-refractivity contribution in [3.8, 4) is 11.5 Å². The lowest BCUT2D eigenvalue weighted by atomic mass is 10.1. The van der Waals surface area contributed by atoms with E-state index < -0.39 is 5.91 Å². The lowest BCUT2D eigenvalue weighted by Gasteiger charge is -2.18. The largest absolute Gasteiger partial charge is 0.497 e. The highest BCUT2D eigenvalue weighted by molar-refractivity contribution is 5.90. The molecule has 2 aromatic rings. The number of hydrogen-bond acceptors (Lipinski definition) is 6. The molecule has 1 atom stereocenters. The smallest absolute Gasteiger partial charge is 0.269 e. The Balaban J connectivity index is 2.20. The third-order valence-electron chi connectivity index (χ3n) is 3.18. The number of ether oxygens (including phenoxy) is 2. The number of hydrogen-bond donors (Lipinski definition) is 2. The fraction of sp³-hybridized carbons (Fsp3) is 0.267. The van der Waals surface area contributed by atoms with E-state index in [2.05, 4.69) is 15.5 Å². The highest BCUT2D eigenvalue weighted by Gasteiger charge is 2.14. The standard InChI is InChI=1S/C15H18N4O3/c1-9(11-8-10(21-2)4-6-13(11)22-3)17-14-7-5-12(15(16)20)18-19-14/h4-9H,1-3H3,(H2,16,20)(H,17,19)/t9-/m1/s1. The Kier molecular flexibility index (Phi) is 4.77. The second-order valence-electron chi connectivity index (χ2n) is 4.64. The van der Waals surface area contributed by atoms with Crippen molar-refractivity contribution in [1.82, 2.24) is 10.2 Å². The Bertz CT molecular complexity index is 658. The van der Waals surface area contributed by atoms with E-state index in [1.807, 2.05) is 25.1 Å². The van der Waals surface area contributed by atoms with Crippen LogP contribution in [0.25, 0.3) is 0 Å². The van der Waals surface area contributed by atoms with Crippen molar-refractivity contribution < 1.29 is 14.3 Å². The second kappa shape index (κ2) is 6.75. The minimum atomic E-state index is -0.610. The van der Waals surface area contributed by atoms with Crippen LogP contribution in [0.3, 0.4) is 0 Å². The van der Waals surface area contributed by atoms with Gasteiger partial charge in [-0.3, -0.25) is 4.79 Å². The third-order valence-corrected chi connectivity index (χ3v) is 3.18. The Labute approximate surface area is 128 Å². The topological polar surface area (TPSA) is 99.4 Å². The van der Waals surface area contributed by atoms with Crippen LogP contribution in [0, 0.1) is 0 Å². The van der Waals surface area contributed by atoms with Gasteiger partial charge < -0.3 is 20.5 Å². The normalized spacial score (nSPS) is 11.6. The molecule has 1 heterocycles. The molecule has 0 aliphatic rings. The molecule has 0 spiro atoms. The van der Waals surface area contributed by atoms with Gasteiger partial charge in [-0.05, 0) is 37.3 Å². The molecule has 7 heteroatoms. The van der Waals surface area contributed by atoms with Gasteiger partial charge in [0.25, 0.3) is 5.91 Å². The number of nitrogens with one attached hydrogen (secondary N) is 1. The summed E-state index contributed by atoms with van der Waals surface area (Å²) in [5.74, 6) is 1.39. The van der Waals surface area contributed by atoms with Gasteiger partial charge in [0.15, 0.2) is 5.69 Å². The molecule has 3 N–H and O–H groups in total. The van der Waals surface area contributed by atoms with Gasteiger partial charge in [-0.2, -0.15) is 0 Å². The zero-order chi connectivity index (χ0) is 16.1. The first-order valence-electron chi connectivity index (χ1n) is 6.67. The van der Waals surface area contributed by atoms with E-state index in [1.54, 1.807) is 20.3 Å². The van der Waals surface area contributed by atoms with Crippen LogP contribution in [-0.4, -0.2) is 30.3 Å². The van der Waals surface area contributed by atoms with E-state index in [4.69, 9.17) is 15.2 Å². The molecule has 0 unspecified atom stereocenters. The minimum Gasteiger partial charge on any atom is -0.497 e. The zero-order valence-electron chi connectivity index (χ0n) is 12.7. The molecule has 0 saturated heterocycles. The van der Waals surface area contributed by atoms with E-state index in [9.17, 15) is 4.79 Å². The Hall–Kier alpha value is -2.83. The summed E-state index contributed by atoms with van der Waals surface area (Å²) in [5, 5.41) is 10.9. The number of primary amides is 1. The van der Waals surface area contributed by atoms with E-state index in [-0.39, 0.29) is 11.7 Å². The molecule has 22 heavy (non-hydrogen) atoms. The van der Waals surface area contributed by atoms with Crippen LogP contribution in [0.1, 0.15) is 29.0 Å². The Morgan fingerprint density at radius 1 is 1.18 bits per heavy atom. The molecule has 1 aromatic carbocycles. The summed E-state index contributed by atoms with van der Waals surface area (Å²) >= 11 is 0. The number of nitrogens with two attached hydrogens (primary N) is 1. The van der Waals surface area contributed by atoms with E-state index >= 15 is 0 Å². The highest BCUT2D eigenvalue weighted by atomic mass is 16.5. The SMILES string of the molecule is COc1ccc(OC)c([C@@H](C)Nc2ccc(C(N)=O)nn2)c1. The number of carbonyl (C=O) groups is 1. The first-order valence-corrected chi connectivity index (χ1v) is 6.67. The molecule has 0 fully saturated rings. The molecule has 0 bridgehead atoms. The summed E-state index contributed by atoms with van der Waals surface area (Å²) in [4.78, 5) is 11.0. The molecule has 7 nitrogen and oxygen atoms in total. The van der Waals surface area contributed by atoms with Crippen LogP contribution < -0.4 is 20.5 Å². The van der Waals surface area contributed by atoms with Crippen LogP contribution in [0.4, 0.5) is 5.82 Å². The monoisotopic (exact) mass is 302 g/mol. The van der Waals surface area contributed by atoms with Gasteiger partial charge in [-0.15, -0.1) is 10.2 Å². The lowest BCUT2D eigenvalue weighted by molar-refractivity contribution is 0.0994. The lowest BCUT2D eigenvalue weighted by Crippen LogP contribution is -2.15. The number of carbonyl (C=O) groups excluding carboxylic acids is 1. The second-order valence-corrected chi connectivity index (χ2v) is 4.64. The number of rotatable bonds is 6. The van der Waals surface area contributed by atoms with Crippen molar-refractivity contribution in [3.05, 3.63) is 41.6 Å². The quantitative estimate of drug-likeness (QED) is 0.843.